The molecule has 0 amide bonds. The van der Waals surface area contributed by atoms with E-state index < -0.39 is 0 Å². The van der Waals surface area contributed by atoms with Gasteiger partial charge in [0.1, 0.15) is 0 Å². The molecule has 1 aromatic carbocycles. The minimum atomic E-state index is -0.383. The Balaban J connectivity index is 1.88. The molecular formula is C13H18N2O3. The summed E-state index contributed by atoms with van der Waals surface area (Å²) in [6.07, 6.45) is 3.08. The zero-order chi connectivity index (χ0) is 13.0. The molecular weight excluding hydrogens is 232 g/mol. The third-order valence-electron chi connectivity index (χ3n) is 3.54. The SMILES string of the molecule is O=[N+]([O-])c1ccc(CCN2CCC[C@@H]2CO)cc1. The highest BCUT2D eigenvalue weighted by Crippen LogP contribution is 2.18. The predicted molar refractivity (Wildman–Crippen MR) is 68.5 cm³/mol. The first-order valence-corrected chi connectivity index (χ1v) is 6.29. The summed E-state index contributed by atoms with van der Waals surface area (Å²) in [7, 11) is 0. The fourth-order valence-corrected chi connectivity index (χ4v) is 2.45. The van der Waals surface area contributed by atoms with Gasteiger partial charge in [-0.25, -0.2) is 0 Å². The summed E-state index contributed by atoms with van der Waals surface area (Å²) >= 11 is 0. The number of non-ortho nitro benzene ring substituents is 1. The van der Waals surface area contributed by atoms with Gasteiger partial charge in [0.2, 0.25) is 0 Å². The molecule has 0 unspecified atom stereocenters. The van der Waals surface area contributed by atoms with Crippen LogP contribution < -0.4 is 0 Å². The average molecular weight is 250 g/mol. The van der Waals surface area contributed by atoms with Crippen LogP contribution in [-0.2, 0) is 6.42 Å². The summed E-state index contributed by atoms with van der Waals surface area (Å²) in [4.78, 5) is 12.4. The van der Waals surface area contributed by atoms with E-state index in [1.165, 1.54) is 0 Å². The van der Waals surface area contributed by atoms with Crippen LogP contribution in [0.5, 0.6) is 0 Å². The molecule has 1 aromatic rings. The number of nitrogens with zero attached hydrogens (tertiary/aromatic N) is 2. The Morgan fingerprint density at radius 3 is 2.72 bits per heavy atom. The molecule has 0 bridgehead atoms. The molecule has 1 aliphatic rings. The first-order valence-electron chi connectivity index (χ1n) is 6.29. The Kier molecular flexibility index (Phi) is 4.28. The minimum absolute atomic E-state index is 0.133. The summed E-state index contributed by atoms with van der Waals surface area (Å²) in [5.41, 5.74) is 1.23. The normalized spacial score (nSPS) is 20.2. The van der Waals surface area contributed by atoms with Gasteiger partial charge in [0.15, 0.2) is 0 Å². The number of rotatable bonds is 5. The molecule has 2 rings (SSSR count). The Bertz CT molecular complexity index is 405. The molecule has 0 aliphatic carbocycles. The lowest BCUT2D eigenvalue weighted by Gasteiger charge is -2.22. The first-order chi connectivity index (χ1) is 8.70. The highest BCUT2D eigenvalue weighted by atomic mass is 16.6. The molecule has 18 heavy (non-hydrogen) atoms. The topological polar surface area (TPSA) is 66.6 Å². The maximum atomic E-state index is 10.5. The van der Waals surface area contributed by atoms with Crippen LogP contribution in [0.15, 0.2) is 24.3 Å². The molecule has 0 radical (unpaired) electrons. The van der Waals surface area contributed by atoms with E-state index in [0.29, 0.717) is 6.04 Å². The second-order valence-corrected chi connectivity index (χ2v) is 4.69. The highest BCUT2D eigenvalue weighted by molar-refractivity contribution is 5.32. The van der Waals surface area contributed by atoms with Crippen LogP contribution in [-0.4, -0.2) is 40.7 Å². The summed E-state index contributed by atoms with van der Waals surface area (Å²) in [6, 6.07) is 7.00. The summed E-state index contributed by atoms with van der Waals surface area (Å²) < 4.78 is 0. The fraction of sp³-hybridized carbons (Fsp3) is 0.538. The van der Waals surface area contributed by atoms with Crippen molar-refractivity contribution in [1.82, 2.24) is 4.90 Å². The Hall–Kier alpha value is -1.46. The number of nitro groups is 1. The van der Waals surface area contributed by atoms with E-state index in [4.69, 9.17) is 0 Å². The van der Waals surface area contributed by atoms with E-state index in [-0.39, 0.29) is 17.2 Å². The van der Waals surface area contributed by atoms with Crippen LogP contribution in [0.25, 0.3) is 0 Å². The van der Waals surface area contributed by atoms with Crippen molar-refractivity contribution in [2.45, 2.75) is 25.3 Å². The van der Waals surface area contributed by atoms with Crippen LogP contribution in [0, 0.1) is 10.1 Å². The number of benzene rings is 1. The minimum Gasteiger partial charge on any atom is -0.395 e. The molecule has 0 spiro atoms. The predicted octanol–water partition coefficient (Wildman–Crippen LogP) is 1.59. The number of nitro benzene ring substituents is 1. The van der Waals surface area contributed by atoms with E-state index in [1.807, 2.05) is 12.1 Å². The second kappa shape index (κ2) is 5.93. The molecule has 1 N–H and O–H groups in total. The first kappa shape index (κ1) is 13.0. The van der Waals surface area contributed by atoms with Crippen molar-refractivity contribution >= 4 is 5.69 Å². The van der Waals surface area contributed by atoms with Crippen molar-refractivity contribution in [2.75, 3.05) is 19.7 Å². The smallest absolute Gasteiger partial charge is 0.269 e. The maximum Gasteiger partial charge on any atom is 0.269 e. The zero-order valence-electron chi connectivity index (χ0n) is 10.3. The molecule has 1 saturated heterocycles. The van der Waals surface area contributed by atoms with Crippen LogP contribution in [0.1, 0.15) is 18.4 Å². The fourth-order valence-electron chi connectivity index (χ4n) is 2.45. The summed E-state index contributed by atoms with van der Waals surface area (Å²) in [5, 5.41) is 19.7. The van der Waals surface area contributed by atoms with Gasteiger partial charge in [-0.2, -0.15) is 0 Å². The van der Waals surface area contributed by atoms with Gasteiger partial charge >= 0.3 is 0 Å². The molecule has 1 atom stereocenters. The third kappa shape index (κ3) is 3.05. The van der Waals surface area contributed by atoms with Gasteiger partial charge in [-0.15, -0.1) is 0 Å². The van der Waals surface area contributed by atoms with E-state index in [1.54, 1.807) is 12.1 Å². The van der Waals surface area contributed by atoms with Gasteiger partial charge in [-0.3, -0.25) is 15.0 Å². The third-order valence-corrected chi connectivity index (χ3v) is 3.54. The molecule has 1 heterocycles. The zero-order valence-corrected chi connectivity index (χ0v) is 10.3. The van der Waals surface area contributed by atoms with Gasteiger partial charge in [0.05, 0.1) is 11.5 Å². The summed E-state index contributed by atoms with van der Waals surface area (Å²) in [6.45, 7) is 2.17. The number of aliphatic hydroxyl groups is 1. The number of hydrogen-bond donors (Lipinski definition) is 1. The van der Waals surface area contributed by atoms with Crippen molar-refractivity contribution in [3.05, 3.63) is 39.9 Å². The molecule has 0 aromatic heterocycles. The Morgan fingerprint density at radius 2 is 2.11 bits per heavy atom. The van der Waals surface area contributed by atoms with E-state index in [2.05, 4.69) is 4.90 Å². The Morgan fingerprint density at radius 1 is 1.39 bits per heavy atom. The number of hydrogen-bond acceptors (Lipinski definition) is 4. The van der Waals surface area contributed by atoms with Gasteiger partial charge in [0, 0.05) is 24.7 Å². The Labute approximate surface area is 106 Å². The lowest BCUT2D eigenvalue weighted by Crippen LogP contribution is -2.33. The van der Waals surface area contributed by atoms with Crippen molar-refractivity contribution in [1.29, 1.82) is 0 Å². The van der Waals surface area contributed by atoms with E-state index in [0.717, 1.165) is 37.9 Å². The van der Waals surface area contributed by atoms with Gasteiger partial charge in [-0.05, 0) is 31.4 Å². The number of likely N-dealkylation sites (tertiary alicyclic amines) is 1. The lowest BCUT2D eigenvalue weighted by atomic mass is 10.1. The van der Waals surface area contributed by atoms with Gasteiger partial charge in [0.25, 0.3) is 5.69 Å². The average Bonchev–Trinajstić information content (AvgIpc) is 2.84. The summed E-state index contributed by atoms with van der Waals surface area (Å²) in [5.74, 6) is 0. The quantitative estimate of drug-likeness (QED) is 0.636. The van der Waals surface area contributed by atoms with Crippen molar-refractivity contribution in [3.8, 4) is 0 Å². The van der Waals surface area contributed by atoms with Crippen molar-refractivity contribution < 1.29 is 10.0 Å². The lowest BCUT2D eigenvalue weighted by molar-refractivity contribution is -0.384. The van der Waals surface area contributed by atoms with E-state index in [9.17, 15) is 15.2 Å². The maximum absolute atomic E-state index is 10.5. The van der Waals surface area contributed by atoms with E-state index >= 15 is 0 Å². The molecule has 1 aliphatic heterocycles. The largest absolute Gasteiger partial charge is 0.395 e. The molecule has 0 saturated carbocycles. The van der Waals surface area contributed by atoms with Crippen LogP contribution in [0.3, 0.4) is 0 Å². The van der Waals surface area contributed by atoms with Crippen molar-refractivity contribution in [3.63, 3.8) is 0 Å². The molecule has 5 nitrogen and oxygen atoms in total. The standard InChI is InChI=1S/C13H18N2O3/c16-10-13-2-1-8-14(13)9-7-11-3-5-12(6-4-11)15(17)18/h3-6,13,16H,1-2,7-10H2/t13-/m1/s1. The second-order valence-electron chi connectivity index (χ2n) is 4.69. The molecule has 1 fully saturated rings. The monoisotopic (exact) mass is 250 g/mol. The van der Waals surface area contributed by atoms with Crippen LogP contribution >= 0.6 is 0 Å². The number of aliphatic hydroxyl groups excluding tert-OH is 1. The van der Waals surface area contributed by atoms with Gasteiger partial charge in [-0.1, -0.05) is 12.1 Å². The molecule has 98 valence electrons. The van der Waals surface area contributed by atoms with Crippen LogP contribution in [0.2, 0.25) is 0 Å². The van der Waals surface area contributed by atoms with Crippen LogP contribution in [0.4, 0.5) is 5.69 Å². The highest BCUT2D eigenvalue weighted by Gasteiger charge is 2.22. The van der Waals surface area contributed by atoms with Gasteiger partial charge < -0.3 is 5.11 Å². The molecule has 5 heteroatoms. The van der Waals surface area contributed by atoms with Crippen molar-refractivity contribution in [2.24, 2.45) is 0 Å².